The summed E-state index contributed by atoms with van der Waals surface area (Å²) in [4.78, 5) is 0. The molecule has 3 nitrogen and oxygen atoms in total. The average molecular weight is 328 g/mol. The number of nitrogens with zero attached hydrogens (tertiary/aromatic N) is 2. The summed E-state index contributed by atoms with van der Waals surface area (Å²) in [6, 6.07) is 4.47. The monoisotopic (exact) mass is 326 g/mol. The van der Waals surface area contributed by atoms with E-state index in [2.05, 4.69) is 5.10 Å². The third kappa shape index (κ3) is 2.69. The molecule has 0 amide bonds. The summed E-state index contributed by atoms with van der Waals surface area (Å²) in [5, 5.41) is 13.3. The van der Waals surface area contributed by atoms with Crippen molar-refractivity contribution in [1.82, 2.24) is 9.78 Å². The lowest BCUT2D eigenvalue weighted by molar-refractivity contribution is 0.141. The fourth-order valence-corrected chi connectivity index (χ4v) is 2.35. The van der Waals surface area contributed by atoms with Crippen LogP contribution < -0.4 is 0 Å². The first-order valence-electron chi connectivity index (χ1n) is 5.07. The van der Waals surface area contributed by atoms with Crippen molar-refractivity contribution < 1.29 is 13.9 Å². The van der Waals surface area contributed by atoms with E-state index in [1.165, 1.54) is 18.2 Å². The first-order chi connectivity index (χ1) is 8.95. The summed E-state index contributed by atoms with van der Waals surface area (Å²) in [7, 11) is 0. The summed E-state index contributed by atoms with van der Waals surface area (Å²) >= 11 is 17.7. The van der Waals surface area contributed by atoms with Gasteiger partial charge < -0.3 is 5.11 Å². The second-order valence-corrected chi connectivity index (χ2v) is 4.82. The smallest absolute Gasteiger partial charge is 0.282 e. The van der Waals surface area contributed by atoms with Crippen molar-refractivity contribution in [3.05, 3.63) is 44.7 Å². The Balaban J connectivity index is 2.63. The number of aliphatic hydroxyl groups is 1. The minimum atomic E-state index is -2.84. The summed E-state index contributed by atoms with van der Waals surface area (Å²) in [6.45, 7) is -0.635. The van der Waals surface area contributed by atoms with E-state index >= 15 is 0 Å². The zero-order valence-corrected chi connectivity index (χ0v) is 11.5. The van der Waals surface area contributed by atoms with Gasteiger partial charge in [-0.1, -0.05) is 34.8 Å². The number of alkyl halides is 2. The van der Waals surface area contributed by atoms with E-state index in [1.807, 2.05) is 0 Å². The molecule has 102 valence electrons. The van der Waals surface area contributed by atoms with Crippen LogP contribution in [-0.2, 0) is 6.61 Å². The Morgan fingerprint density at radius 1 is 1.26 bits per heavy atom. The molecular weight excluding hydrogens is 320 g/mol. The highest BCUT2D eigenvalue weighted by molar-refractivity contribution is 6.36. The van der Waals surface area contributed by atoms with Crippen LogP contribution in [0.25, 0.3) is 5.69 Å². The van der Waals surface area contributed by atoms with Gasteiger partial charge in [0.1, 0.15) is 10.8 Å². The molecule has 0 saturated heterocycles. The van der Waals surface area contributed by atoms with Gasteiger partial charge in [0.05, 0.1) is 17.3 Å². The summed E-state index contributed by atoms with van der Waals surface area (Å²) in [5.74, 6) is 0. The largest absolute Gasteiger partial charge is 0.391 e. The van der Waals surface area contributed by atoms with Gasteiger partial charge in [0, 0.05) is 10.6 Å². The van der Waals surface area contributed by atoms with Crippen LogP contribution in [0.4, 0.5) is 8.78 Å². The van der Waals surface area contributed by atoms with Crippen molar-refractivity contribution in [1.29, 1.82) is 0 Å². The summed E-state index contributed by atoms with van der Waals surface area (Å²) < 4.78 is 26.6. The van der Waals surface area contributed by atoms with Gasteiger partial charge >= 0.3 is 0 Å². The van der Waals surface area contributed by atoms with Crippen molar-refractivity contribution in [2.24, 2.45) is 0 Å². The molecule has 8 heteroatoms. The van der Waals surface area contributed by atoms with Crippen molar-refractivity contribution in [2.45, 2.75) is 13.0 Å². The lowest BCUT2D eigenvalue weighted by Crippen LogP contribution is -1.98. The van der Waals surface area contributed by atoms with Gasteiger partial charge in [-0.05, 0) is 18.2 Å². The highest BCUT2D eigenvalue weighted by Crippen LogP contribution is 2.32. The van der Waals surface area contributed by atoms with E-state index in [9.17, 15) is 8.78 Å². The van der Waals surface area contributed by atoms with Crippen LogP contribution in [0, 0.1) is 0 Å². The topological polar surface area (TPSA) is 38.1 Å². The number of aliphatic hydroxyl groups excluding tert-OH is 1. The molecule has 1 aromatic carbocycles. The van der Waals surface area contributed by atoms with Gasteiger partial charge in [-0.15, -0.1) is 0 Å². The molecular formula is C11H7Cl3F2N2O. The van der Waals surface area contributed by atoms with Gasteiger partial charge in [0.15, 0.2) is 0 Å². The normalized spacial score (nSPS) is 11.3. The molecule has 0 aliphatic heterocycles. The third-order valence-electron chi connectivity index (χ3n) is 2.45. The van der Waals surface area contributed by atoms with Crippen LogP contribution in [0.15, 0.2) is 18.2 Å². The predicted molar refractivity (Wildman–Crippen MR) is 69.5 cm³/mol. The Hall–Kier alpha value is -0.880. The fourth-order valence-electron chi connectivity index (χ4n) is 1.58. The second kappa shape index (κ2) is 5.63. The Kier molecular flexibility index (Phi) is 4.30. The second-order valence-electron chi connectivity index (χ2n) is 3.62. The van der Waals surface area contributed by atoms with Crippen LogP contribution in [0.2, 0.25) is 15.2 Å². The highest BCUT2D eigenvalue weighted by Gasteiger charge is 2.24. The molecule has 0 bridgehead atoms. The van der Waals surface area contributed by atoms with Gasteiger partial charge in [0.25, 0.3) is 6.43 Å². The summed E-state index contributed by atoms with van der Waals surface area (Å²) in [5.41, 5.74) is -0.390. The van der Waals surface area contributed by atoms with Gasteiger partial charge in [-0.25, -0.2) is 13.5 Å². The standard InChI is InChI=1S/C11H7Cl3F2N2O/c12-5-1-2-8(7(13)3-5)18-10(14)6(4-19)9(17-18)11(15)16/h1-3,11,19H,4H2. The number of hydrogen-bond donors (Lipinski definition) is 1. The van der Waals surface area contributed by atoms with E-state index in [4.69, 9.17) is 39.9 Å². The van der Waals surface area contributed by atoms with Crippen LogP contribution in [0.1, 0.15) is 17.7 Å². The van der Waals surface area contributed by atoms with E-state index in [0.717, 1.165) is 4.68 Å². The third-order valence-corrected chi connectivity index (χ3v) is 3.38. The molecule has 0 fully saturated rings. The fraction of sp³-hybridized carbons (Fsp3) is 0.182. The molecule has 0 spiro atoms. The molecule has 0 unspecified atom stereocenters. The van der Waals surface area contributed by atoms with Crippen LogP contribution in [-0.4, -0.2) is 14.9 Å². The molecule has 2 rings (SSSR count). The van der Waals surface area contributed by atoms with Crippen molar-refractivity contribution in [3.63, 3.8) is 0 Å². The maximum atomic E-state index is 12.8. The number of halogens is 5. The Labute approximate surface area is 122 Å². The molecule has 0 atom stereocenters. The first kappa shape index (κ1) is 14.5. The quantitative estimate of drug-likeness (QED) is 0.914. The van der Waals surface area contributed by atoms with E-state index in [0.29, 0.717) is 10.7 Å². The maximum Gasteiger partial charge on any atom is 0.282 e. The molecule has 0 aliphatic carbocycles. The molecule has 1 aromatic heterocycles. The molecule has 0 radical (unpaired) electrons. The summed E-state index contributed by atoms with van der Waals surface area (Å²) in [6.07, 6.45) is -2.84. The van der Waals surface area contributed by atoms with Crippen molar-refractivity contribution >= 4 is 34.8 Å². The molecule has 0 aliphatic rings. The minimum Gasteiger partial charge on any atom is -0.391 e. The first-order valence-corrected chi connectivity index (χ1v) is 6.20. The predicted octanol–water partition coefficient (Wildman–Crippen LogP) is 4.26. The number of hydrogen-bond acceptors (Lipinski definition) is 2. The molecule has 19 heavy (non-hydrogen) atoms. The van der Waals surface area contributed by atoms with E-state index in [1.54, 1.807) is 0 Å². The van der Waals surface area contributed by atoms with E-state index < -0.39 is 18.7 Å². The molecule has 2 aromatic rings. The lowest BCUT2D eigenvalue weighted by atomic mass is 10.2. The zero-order valence-electron chi connectivity index (χ0n) is 9.25. The number of aromatic nitrogens is 2. The van der Waals surface area contributed by atoms with Crippen LogP contribution >= 0.6 is 34.8 Å². The zero-order chi connectivity index (χ0) is 14.2. The van der Waals surface area contributed by atoms with Gasteiger partial charge in [0.2, 0.25) is 0 Å². The van der Waals surface area contributed by atoms with Gasteiger partial charge in [-0.2, -0.15) is 5.10 Å². The number of benzene rings is 1. The van der Waals surface area contributed by atoms with Crippen molar-refractivity contribution in [3.8, 4) is 5.69 Å². The Morgan fingerprint density at radius 3 is 2.42 bits per heavy atom. The number of rotatable bonds is 3. The molecule has 0 saturated carbocycles. The minimum absolute atomic E-state index is 0.109. The van der Waals surface area contributed by atoms with Crippen LogP contribution in [0.3, 0.4) is 0 Å². The lowest BCUT2D eigenvalue weighted by Gasteiger charge is -2.06. The Bertz CT molecular complexity index is 616. The molecule has 1 heterocycles. The highest BCUT2D eigenvalue weighted by atomic mass is 35.5. The van der Waals surface area contributed by atoms with E-state index in [-0.39, 0.29) is 15.7 Å². The van der Waals surface area contributed by atoms with Crippen molar-refractivity contribution in [2.75, 3.05) is 0 Å². The maximum absolute atomic E-state index is 12.8. The average Bonchev–Trinajstić information content (AvgIpc) is 2.66. The van der Waals surface area contributed by atoms with Gasteiger partial charge in [-0.3, -0.25) is 0 Å². The Morgan fingerprint density at radius 2 is 1.95 bits per heavy atom. The SMILES string of the molecule is OCc1c(C(F)F)nn(-c2ccc(Cl)cc2Cl)c1Cl. The van der Waals surface area contributed by atoms with Crippen LogP contribution in [0.5, 0.6) is 0 Å². The molecule has 1 N–H and O–H groups in total.